The molecule has 3 nitrogen and oxygen atoms in total. The van der Waals surface area contributed by atoms with E-state index in [2.05, 4.69) is 0 Å². The van der Waals surface area contributed by atoms with Crippen molar-refractivity contribution in [1.82, 2.24) is 0 Å². The minimum Gasteiger partial charge on any atom is -0.480 e. The smallest absolute Gasteiger partial charge is 0.416 e. The molecular weight excluding hydrogens is 247 g/mol. The van der Waals surface area contributed by atoms with Crippen LogP contribution in [0.1, 0.15) is 17.2 Å². The summed E-state index contributed by atoms with van der Waals surface area (Å²) in [5.41, 5.74) is 3.69. The van der Waals surface area contributed by atoms with E-state index >= 15 is 0 Å². The van der Waals surface area contributed by atoms with Gasteiger partial charge in [-0.15, -0.1) is 12.4 Å². The van der Waals surface area contributed by atoms with E-state index in [-0.39, 0.29) is 12.4 Å². The zero-order valence-corrected chi connectivity index (χ0v) is 8.68. The van der Waals surface area contributed by atoms with E-state index in [1.165, 1.54) is 12.1 Å². The highest BCUT2D eigenvalue weighted by Crippen LogP contribution is 2.33. The number of rotatable bonds is 2. The highest BCUT2D eigenvalue weighted by atomic mass is 35.5. The van der Waals surface area contributed by atoms with Gasteiger partial charge in [0.2, 0.25) is 0 Å². The van der Waals surface area contributed by atoms with Crippen LogP contribution in [0.5, 0.6) is 0 Å². The van der Waals surface area contributed by atoms with Gasteiger partial charge in [-0.05, 0) is 11.6 Å². The quantitative estimate of drug-likeness (QED) is 0.852. The van der Waals surface area contributed by atoms with E-state index in [0.29, 0.717) is 0 Å². The first kappa shape index (κ1) is 14.7. The fourth-order valence-electron chi connectivity index (χ4n) is 1.16. The molecule has 0 saturated heterocycles. The maximum atomic E-state index is 12.4. The maximum absolute atomic E-state index is 12.4. The number of benzene rings is 1. The molecule has 90 valence electrons. The summed E-state index contributed by atoms with van der Waals surface area (Å²) in [5, 5.41) is 8.53. The molecule has 0 amide bonds. The summed E-state index contributed by atoms with van der Waals surface area (Å²) in [7, 11) is 0. The molecule has 0 heterocycles. The van der Waals surface area contributed by atoms with Gasteiger partial charge >= 0.3 is 12.1 Å². The summed E-state index contributed by atoms with van der Waals surface area (Å²) in [5.74, 6) is -1.49. The Morgan fingerprint density at radius 3 is 2.25 bits per heavy atom. The van der Waals surface area contributed by atoms with Crippen LogP contribution in [0.4, 0.5) is 13.2 Å². The molecule has 0 spiro atoms. The lowest BCUT2D eigenvalue weighted by Crippen LogP contribution is -2.24. The Balaban J connectivity index is 0.00000225. The maximum Gasteiger partial charge on any atom is 0.416 e. The molecule has 16 heavy (non-hydrogen) atoms. The van der Waals surface area contributed by atoms with Gasteiger partial charge in [0, 0.05) is 0 Å². The molecule has 1 aromatic carbocycles. The minimum atomic E-state index is -4.59. The van der Waals surface area contributed by atoms with Gasteiger partial charge in [-0.2, -0.15) is 13.2 Å². The number of hydrogen-bond acceptors (Lipinski definition) is 2. The van der Waals surface area contributed by atoms with Gasteiger partial charge in [-0.3, -0.25) is 4.79 Å². The van der Waals surface area contributed by atoms with Gasteiger partial charge in [0.15, 0.2) is 0 Å². The topological polar surface area (TPSA) is 63.3 Å². The number of nitrogens with two attached hydrogens (primary N) is 1. The van der Waals surface area contributed by atoms with E-state index in [9.17, 15) is 18.0 Å². The van der Waals surface area contributed by atoms with E-state index in [0.717, 1.165) is 12.1 Å². The summed E-state index contributed by atoms with van der Waals surface area (Å²) in [6.07, 6.45) is -4.59. The lowest BCUT2D eigenvalue weighted by Gasteiger charge is -2.14. The van der Waals surface area contributed by atoms with E-state index in [4.69, 9.17) is 10.8 Å². The minimum absolute atomic E-state index is 0. The Hall–Kier alpha value is -1.27. The van der Waals surface area contributed by atoms with Crippen LogP contribution in [0.2, 0.25) is 0 Å². The number of carboxylic acids is 1. The van der Waals surface area contributed by atoms with Crippen LogP contribution in [0.15, 0.2) is 24.3 Å². The van der Waals surface area contributed by atoms with Crippen molar-refractivity contribution >= 4 is 18.4 Å². The van der Waals surface area contributed by atoms with Gasteiger partial charge < -0.3 is 10.8 Å². The SMILES string of the molecule is Cl.N[C@@H](C(=O)O)c1ccccc1C(F)(F)F. The Labute approximate surface area is 95.5 Å². The summed E-state index contributed by atoms with van der Waals surface area (Å²) >= 11 is 0. The first-order chi connectivity index (χ1) is 6.84. The normalized spacial score (nSPS) is 12.8. The molecule has 0 unspecified atom stereocenters. The Morgan fingerprint density at radius 1 is 1.31 bits per heavy atom. The number of halogens is 4. The number of carbonyl (C=O) groups is 1. The fourth-order valence-corrected chi connectivity index (χ4v) is 1.16. The van der Waals surface area contributed by atoms with Crippen molar-refractivity contribution in [1.29, 1.82) is 0 Å². The third kappa shape index (κ3) is 3.11. The van der Waals surface area contributed by atoms with Crippen LogP contribution >= 0.6 is 12.4 Å². The van der Waals surface area contributed by atoms with Crippen molar-refractivity contribution in [3.8, 4) is 0 Å². The van der Waals surface area contributed by atoms with Gasteiger partial charge in [0.05, 0.1) is 5.56 Å². The Morgan fingerprint density at radius 2 is 1.81 bits per heavy atom. The summed E-state index contributed by atoms with van der Waals surface area (Å²) < 4.78 is 37.3. The molecule has 1 atom stereocenters. The largest absolute Gasteiger partial charge is 0.480 e. The molecule has 0 bridgehead atoms. The molecule has 1 aromatic rings. The number of alkyl halides is 3. The highest BCUT2D eigenvalue weighted by Gasteiger charge is 2.35. The van der Waals surface area contributed by atoms with Crippen LogP contribution < -0.4 is 5.73 Å². The summed E-state index contributed by atoms with van der Waals surface area (Å²) in [6, 6.07) is 2.69. The highest BCUT2D eigenvalue weighted by molar-refractivity contribution is 5.85. The molecule has 0 saturated carbocycles. The number of hydrogen-bond donors (Lipinski definition) is 2. The standard InChI is InChI=1S/C9H8F3NO2.ClH/c10-9(11,12)6-4-2-1-3-5(6)7(13)8(14)15;/h1-4,7H,13H2,(H,14,15);1H/t7-;/m1./s1. The van der Waals surface area contributed by atoms with Gasteiger partial charge in [0.1, 0.15) is 6.04 Å². The summed E-state index contributed by atoms with van der Waals surface area (Å²) in [4.78, 5) is 10.5. The van der Waals surface area contributed by atoms with Gasteiger partial charge in [-0.1, -0.05) is 18.2 Å². The Kier molecular flexibility index (Phi) is 4.77. The predicted molar refractivity (Wildman–Crippen MR) is 53.3 cm³/mol. The van der Waals surface area contributed by atoms with Crippen molar-refractivity contribution in [2.24, 2.45) is 5.73 Å². The second-order valence-electron chi connectivity index (χ2n) is 2.90. The van der Waals surface area contributed by atoms with E-state index in [1.807, 2.05) is 0 Å². The second kappa shape index (κ2) is 5.18. The third-order valence-corrected chi connectivity index (χ3v) is 1.87. The van der Waals surface area contributed by atoms with E-state index < -0.39 is 29.3 Å². The first-order valence-corrected chi connectivity index (χ1v) is 3.98. The van der Waals surface area contributed by atoms with Gasteiger partial charge in [-0.25, -0.2) is 0 Å². The molecular formula is C9H9ClF3NO2. The molecule has 3 N–H and O–H groups in total. The molecule has 0 aliphatic carbocycles. The van der Waals surface area contributed by atoms with Gasteiger partial charge in [0.25, 0.3) is 0 Å². The average Bonchev–Trinajstić information content (AvgIpc) is 2.15. The molecule has 0 aromatic heterocycles. The number of carboxylic acid groups (broad SMARTS) is 1. The zero-order valence-electron chi connectivity index (χ0n) is 7.86. The molecule has 0 radical (unpaired) electrons. The Bertz CT molecular complexity index is 381. The number of aliphatic carboxylic acids is 1. The lowest BCUT2D eigenvalue weighted by atomic mass is 10.0. The third-order valence-electron chi connectivity index (χ3n) is 1.87. The first-order valence-electron chi connectivity index (χ1n) is 3.98. The molecule has 0 fully saturated rings. The lowest BCUT2D eigenvalue weighted by molar-refractivity contribution is -0.141. The molecule has 1 rings (SSSR count). The second-order valence-corrected chi connectivity index (χ2v) is 2.90. The van der Waals surface area contributed by atoms with Crippen LogP contribution in [-0.2, 0) is 11.0 Å². The monoisotopic (exact) mass is 255 g/mol. The average molecular weight is 256 g/mol. The fraction of sp³-hybridized carbons (Fsp3) is 0.222. The summed E-state index contributed by atoms with van der Waals surface area (Å²) in [6.45, 7) is 0. The van der Waals surface area contributed by atoms with Crippen LogP contribution in [-0.4, -0.2) is 11.1 Å². The van der Waals surface area contributed by atoms with Crippen molar-refractivity contribution < 1.29 is 23.1 Å². The van der Waals surface area contributed by atoms with Crippen molar-refractivity contribution in [3.05, 3.63) is 35.4 Å². The van der Waals surface area contributed by atoms with Crippen LogP contribution in [0.3, 0.4) is 0 Å². The van der Waals surface area contributed by atoms with Crippen LogP contribution in [0.25, 0.3) is 0 Å². The molecule has 0 aliphatic heterocycles. The van der Waals surface area contributed by atoms with Crippen molar-refractivity contribution in [3.63, 3.8) is 0 Å². The molecule has 0 aliphatic rings. The zero-order chi connectivity index (χ0) is 11.6. The van der Waals surface area contributed by atoms with Crippen LogP contribution in [0, 0.1) is 0 Å². The van der Waals surface area contributed by atoms with Crippen molar-refractivity contribution in [2.75, 3.05) is 0 Å². The van der Waals surface area contributed by atoms with Crippen molar-refractivity contribution in [2.45, 2.75) is 12.2 Å². The molecule has 7 heteroatoms. The van der Waals surface area contributed by atoms with E-state index in [1.54, 1.807) is 0 Å². The predicted octanol–water partition coefficient (Wildman–Crippen LogP) is 2.21.